The molecule has 2 aromatic rings. The Bertz CT molecular complexity index is 1070. The molecule has 0 radical (unpaired) electrons. The third kappa shape index (κ3) is 22.9. The van der Waals surface area contributed by atoms with Gasteiger partial charge in [0.05, 0.1) is 10.6 Å². The van der Waals surface area contributed by atoms with Crippen LogP contribution in [0.2, 0.25) is 0 Å². The summed E-state index contributed by atoms with van der Waals surface area (Å²) in [6.07, 6.45) is 12.7. The highest BCUT2D eigenvalue weighted by atomic mass is 32.1. The van der Waals surface area contributed by atoms with Gasteiger partial charge < -0.3 is 15.2 Å². The van der Waals surface area contributed by atoms with Crippen molar-refractivity contribution in [1.82, 2.24) is 14.5 Å². The minimum Gasteiger partial charge on any atom is -0.402 e. The third-order valence-electron chi connectivity index (χ3n) is 6.94. The SMILES string of the molecule is C=C.C=C(C)c1ccc(C#CC(C)(C)C)s1.C=C(N)C1CCC(C)CC1.CCC.CN1CCCCC1.Cc1cn(C)c(C)n1. The van der Waals surface area contributed by atoms with Gasteiger partial charge in [0.15, 0.2) is 0 Å². The van der Waals surface area contributed by atoms with Crippen molar-refractivity contribution in [3.63, 3.8) is 0 Å². The molecule has 5 heteroatoms. The molecule has 1 saturated carbocycles. The zero-order valence-electron chi connectivity index (χ0n) is 30.6. The van der Waals surface area contributed by atoms with Crippen LogP contribution in [0.3, 0.4) is 0 Å². The van der Waals surface area contributed by atoms with Crippen LogP contribution in [-0.2, 0) is 7.05 Å². The topological polar surface area (TPSA) is 47.1 Å². The first-order valence-corrected chi connectivity index (χ1v) is 17.3. The Kier molecular flexibility index (Phi) is 24.5. The van der Waals surface area contributed by atoms with E-state index in [4.69, 9.17) is 5.73 Å². The summed E-state index contributed by atoms with van der Waals surface area (Å²) in [4.78, 5) is 8.91. The summed E-state index contributed by atoms with van der Waals surface area (Å²) in [5.74, 6) is 9.01. The molecule has 4 rings (SSSR count). The second kappa shape index (κ2) is 24.7. The van der Waals surface area contributed by atoms with Gasteiger partial charge in [-0.3, -0.25) is 0 Å². The molecule has 0 unspecified atom stereocenters. The van der Waals surface area contributed by atoms with Crippen molar-refractivity contribution in [2.45, 2.75) is 114 Å². The van der Waals surface area contributed by atoms with Gasteiger partial charge in [-0.25, -0.2) is 4.98 Å². The molecule has 0 atom stereocenters. The van der Waals surface area contributed by atoms with Gasteiger partial charge in [-0.05, 0) is 117 Å². The highest BCUT2D eigenvalue weighted by Gasteiger charge is 2.18. The lowest BCUT2D eigenvalue weighted by molar-refractivity contribution is 0.277. The van der Waals surface area contributed by atoms with E-state index in [9.17, 15) is 0 Å². The number of imidazole rings is 1. The molecule has 3 heterocycles. The van der Waals surface area contributed by atoms with Crippen LogP contribution in [-0.4, -0.2) is 34.6 Å². The Morgan fingerprint density at radius 2 is 1.52 bits per heavy atom. The van der Waals surface area contributed by atoms with Gasteiger partial charge in [0.25, 0.3) is 0 Å². The van der Waals surface area contributed by atoms with E-state index >= 15 is 0 Å². The Labute approximate surface area is 277 Å². The fourth-order valence-corrected chi connectivity index (χ4v) is 5.09. The van der Waals surface area contributed by atoms with Crippen LogP contribution >= 0.6 is 11.3 Å². The highest BCUT2D eigenvalue weighted by Crippen LogP contribution is 2.30. The van der Waals surface area contributed by atoms with E-state index in [1.165, 1.54) is 69.3 Å². The van der Waals surface area contributed by atoms with Crippen LogP contribution in [0, 0.1) is 42.9 Å². The van der Waals surface area contributed by atoms with Crippen LogP contribution in [0.25, 0.3) is 5.57 Å². The molecule has 2 N–H and O–H groups in total. The van der Waals surface area contributed by atoms with Crippen molar-refractivity contribution in [3.05, 3.63) is 71.6 Å². The number of likely N-dealkylation sites (tertiary alicyclic amines) is 1. The normalized spacial score (nSPS) is 17.3. The number of hydrogen-bond acceptors (Lipinski definition) is 4. The first kappa shape index (κ1) is 43.6. The minimum absolute atomic E-state index is 0.0768. The van der Waals surface area contributed by atoms with Crippen LogP contribution in [0.4, 0.5) is 0 Å². The molecule has 2 aromatic heterocycles. The summed E-state index contributed by atoms with van der Waals surface area (Å²) in [5, 5.41) is 0. The smallest absolute Gasteiger partial charge is 0.105 e. The molecule has 1 aliphatic heterocycles. The maximum absolute atomic E-state index is 5.62. The number of aromatic nitrogens is 2. The number of allylic oxidation sites excluding steroid dienone is 2. The quantitative estimate of drug-likeness (QED) is 0.267. The number of piperidine rings is 1. The Morgan fingerprint density at radius 3 is 1.82 bits per heavy atom. The number of nitrogens with two attached hydrogens (primary N) is 1. The zero-order valence-corrected chi connectivity index (χ0v) is 31.4. The van der Waals surface area contributed by atoms with Gasteiger partial charge in [-0.15, -0.1) is 24.5 Å². The lowest BCUT2D eigenvalue weighted by atomic mass is 9.82. The largest absolute Gasteiger partial charge is 0.402 e. The van der Waals surface area contributed by atoms with E-state index in [0.29, 0.717) is 5.92 Å². The maximum atomic E-state index is 5.62. The molecule has 1 aliphatic carbocycles. The monoisotopic (exact) mass is 625 g/mol. The second-order valence-electron chi connectivity index (χ2n) is 13.1. The summed E-state index contributed by atoms with van der Waals surface area (Å²) in [7, 11) is 4.19. The second-order valence-corrected chi connectivity index (χ2v) is 14.2. The van der Waals surface area contributed by atoms with Gasteiger partial charge in [-0.2, -0.15) is 0 Å². The number of rotatable bonds is 2. The first-order valence-electron chi connectivity index (χ1n) is 16.5. The van der Waals surface area contributed by atoms with Crippen molar-refractivity contribution < 1.29 is 0 Å². The van der Waals surface area contributed by atoms with E-state index in [2.05, 4.69) is 109 Å². The van der Waals surface area contributed by atoms with E-state index in [1.807, 2.05) is 38.6 Å². The third-order valence-corrected chi connectivity index (χ3v) is 8.10. The molecule has 250 valence electrons. The first-order chi connectivity index (χ1) is 20.6. The average Bonchev–Trinajstić information content (AvgIpc) is 3.56. The Balaban J connectivity index is 0. The predicted octanol–water partition coefficient (Wildman–Crippen LogP) is 10.8. The predicted molar refractivity (Wildman–Crippen MR) is 201 cm³/mol. The lowest BCUT2D eigenvalue weighted by Crippen LogP contribution is -2.24. The van der Waals surface area contributed by atoms with Gasteiger partial charge in [0, 0.05) is 29.2 Å². The Morgan fingerprint density at radius 1 is 1.00 bits per heavy atom. The fourth-order valence-electron chi connectivity index (χ4n) is 4.30. The van der Waals surface area contributed by atoms with Gasteiger partial charge in [0.2, 0.25) is 0 Å². The van der Waals surface area contributed by atoms with Crippen LogP contribution in [0.5, 0.6) is 0 Å². The van der Waals surface area contributed by atoms with Crippen molar-refractivity contribution in [2.24, 2.45) is 30.0 Å². The van der Waals surface area contributed by atoms with Crippen LogP contribution in [0.15, 0.2) is 50.3 Å². The highest BCUT2D eigenvalue weighted by molar-refractivity contribution is 7.13. The van der Waals surface area contributed by atoms with Crippen molar-refractivity contribution in [3.8, 4) is 11.8 Å². The summed E-state index contributed by atoms with van der Waals surface area (Å²) in [6, 6.07) is 4.15. The van der Waals surface area contributed by atoms with Crippen molar-refractivity contribution in [1.29, 1.82) is 0 Å². The molecular formula is C39H68N4S. The molecule has 2 fully saturated rings. The van der Waals surface area contributed by atoms with E-state index in [1.54, 1.807) is 11.3 Å². The summed E-state index contributed by atoms with van der Waals surface area (Å²) < 4.78 is 2.01. The van der Waals surface area contributed by atoms with Gasteiger partial charge in [-0.1, -0.05) is 71.5 Å². The van der Waals surface area contributed by atoms with E-state index in [0.717, 1.165) is 33.6 Å². The molecular weight excluding hydrogens is 557 g/mol. The van der Waals surface area contributed by atoms with Crippen LogP contribution in [0.1, 0.15) is 121 Å². The molecule has 0 bridgehead atoms. The molecule has 2 aliphatic rings. The minimum atomic E-state index is 0.0768. The number of thiophene rings is 1. The summed E-state index contributed by atoms with van der Waals surface area (Å²) in [5.41, 5.74) is 8.79. The molecule has 0 aromatic carbocycles. The molecule has 4 nitrogen and oxygen atoms in total. The molecule has 0 spiro atoms. The summed E-state index contributed by atoms with van der Waals surface area (Å²) in [6.45, 7) is 35.3. The standard InChI is InChI=1S/C13H16S.C9H17N.C6H10N2.C6H13N.C3H8.C2H4/c1-10(2)12-7-6-11(14-12)8-9-13(3,4)5;1-7-3-5-9(6-4-7)8(2)10;1-5-4-8(3)6(2)7-5;1-7-5-3-2-4-6-7;1-3-2;1-2/h6-7H,1H2,2-5H3;7,9H,2-6,10H2,1H3;4H,1-3H3;2-6H2,1H3;3H2,1-2H3;1-2H2. The number of aryl methyl sites for hydroxylation is 3. The van der Waals surface area contributed by atoms with Gasteiger partial charge >= 0.3 is 0 Å². The van der Waals surface area contributed by atoms with E-state index in [-0.39, 0.29) is 5.41 Å². The van der Waals surface area contributed by atoms with Crippen molar-refractivity contribution in [2.75, 3.05) is 20.1 Å². The molecule has 44 heavy (non-hydrogen) atoms. The lowest BCUT2D eigenvalue weighted by Gasteiger charge is -2.25. The number of hydrogen-bond donors (Lipinski definition) is 1. The zero-order chi connectivity index (χ0) is 34.3. The Hall–Kier alpha value is -2.55. The van der Waals surface area contributed by atoms with Crippen LogP contribution < -0.4 is 5.73 Å². The molecule has 0 amide bonds. The molecule has 1 saturated heterocycles. The average molecular weight is 625 g/mol. The number of nitrogens with zero attached hydrogens (tertiary/aromatic N) is 3. The summed E-state index contributed by atoms with van der Waals surface area (Å²) >= 11 is 1.71. The van der Waals surface area contributed by atoms with Gasteiger partial charge in [0.1, 0.15) is 5.82 Å². The fraction of sp³-hybridized carbons (Fsp3) is 0.615. The van der Waals surface area contributed by atoms with Crippen molar-refractivity contribution >= 4 is 16.9 Å². The maximum Gasteiger partial charge on any atom is 0.105 e. The van der Waals surface area contributed by atoms with E-state index < -0.39 is 0 Å².